The zero-order chi connectivity index (χ0) is 34.9. The van der Waals surface area contributed by atoms with Gasteiger partial charge in [0.25, 0.3) is 0 Å². The molecule has 3 aliphatic rings. The first-order valence-electron chi connectivity index (χ1n) is 18.5. The van der Waals surface area contributed by atoms with Gasteiger partial charge < -0.3 is 14.0 Å². The van der Waals surface area contributed by atoms with E-state index >= 15 is 0 Å². The van der Waals surface area contributed by atoms with Crippen LogP contribution in [0.2, 0.25) is 36.3 Å². The summed E-state index contributed by atoms with van der Waals surface area (Å²) in [6.45, 7) is 37.5. The molecule has 6 heteroatoms. The maximum absolute atomic E-state index is 11.4. The molecule has 0 amide bonds. The zero-order valence-corrected chi connectivity index (χ0v) is 35.3. The highest BCUT2D eigenvalue weighted by Crippen LogP contribution is 2.56. The summed E-state index contributed by atoms with van der Waals surface area (Å²) >= 11 is 1.86. The number of fused-ring (bicyclic) bond motifs is 1. The summed E-state index contributed by atoms with van der Waals surface area (Å²) in [5.74, 6) is 1.60. The van der Waals surface area contributed by atoms with Crippen LogP contribution in [0.15, 0.2) is 47.1 Å². The molecule has 0 saturated heterocycles. The van der Waals surface area contributed by atoms with Gasteiger partial charge in [-0.15, -0.1) is 11.8 Å². The molecule has 0 aromatic heterocycles. The fraction of sp³-hybridized carbons (Fsp3) is 0.800. The van der Waals surface area contributed by atoms with Gasteiger partial charge in [0.2, 0.25) is 0 Å². The van der Waals surface area contributed by atoms with Crippen molar-refractivity contribution in [1.29, 1.82) is 0 Å². The predicted molar refractivity (Wildman–Crippen MR) is 209 cm³/mol. The summed E-state index contributed by atoms with van der Waals surface area (Å²) in [4.78, 5) is -0.472. The molecule has 2 fully saturated rings. The molecule has 0 radical (unpaired) electrons. The number of allylic oxidation sites excluding steroid dienone is 5. The van der Waals surface area contributed by atoms with Crippen LogP contribution >= 0.6 is 11.8 Å². The number of rotatable bonds is 12. The summed E-state index contributed by atoms with van der Waals surface area (Å²) in [6, 6.07) is 0. The van der Waals surface area contributed by atoms with Crippen LogP contribution in [0.25, 0.3) is 0 Å². The lowest BCUT2D eigenvalue weighted by Gasteiger charge is -2.51. The third-order valence-corrected chi connectivity index (χ3v) is 23.5. The van der Waals surface area contributed by atoms with E-state index in [1.165, 1.54) is 31.3 Å². The Bertz CT molecular complexity index is 1170. The molecule has 2 saturated carbocycles. The molecular formula is C40H72O3SSi2. The molecule has 3 aliphatic carbocycles. The van der Waals surface area contributed by atoms with Crippen LogP contribution in [0.4, 0.5) is 0 Å². The van der Waals surface area contributed by atoms with Gasteiger partial charge in [-0.25, -0.2) is 0 Å². The molecule has 0 unspecified atom stereocenters. The van der Waals surface area contributed by atoms with E-state index in [0.29, 0.717) is 23.0 Å². The topological polar surface area (TPSA) is 38.7 Å². The van der Waals surface area contributed by atoms with Crippen LogP contribution in [0.3, 0.4) is 0 Å². The molecule has 1 N–H and O–H groups in total. The van der Waals surface area contributed by atoms with Crippen molar-refractivity contribution in [2.75, 3.05) is 5.75 Å². The molecule has 3 nitrogen and oxygen atoms in total. The minimum Gasteiger partial charge on any atom is -0.410 e. The van der Waals surface area contributed by atoms with Gasteiger partial charge in [-0.05, 0) is 96.8 Å². The maximum atomic E-state index is 11.4. The van der Waals surface area contributed by atoms with E-state index in [4.69, 9.17) is 15.4 Å². The highest BCUT2D eigenvalue weighted by atomic mass is 32.2. The predicted octanol–water partition coefficient (Wildman–Crippen LogP) is 12.4. The van der Waals surface area contributed by atoms with E-state index in [1.54, 1.807) is 11.1 Å². The Kier molecular flexibility index (Phi) is 12.9. The Morgan fingerprint density at radius 3 is 2.17 bits per heavy atom. The van der Waals surface area contributed by atoms with Gasteiger partial charge >= 0.3 is 0 Å². The monoisotopic (exact) mass is 688 g/mol. The van der Waals surface area contributed by atoms with E-state index in [1.807, 2.05) is 11.8 Å². The van der Waals surface area contributed by atoms with Crippen molar-refractivity contribution in [3.8, 4) is 0 Å². The second-order valence-corrected chi connectivity index (χ2v) is 28.9. The number of hydrogen-bond acceptors (Lipinski definition) is 4. The van der Waals surface area contributed by atoms with E-state index in [9.17, 15) is 5.11 Å². The van der Waals surface area contributed by atoms with Crippen LogP contribution < -0.4 is 0 Å². The molecule has 3 rings (SSSR count). The van der Waals surface area contributed by atoms with Crippen LogP contribution in [-0.2, 0) is 8.85 Å². The van der Waals surface area contributed by atoms with Crippen molar-refractivity contribution >= 4 is 28.4 Å². The Morgan fingerprint density at radius 2 is 1.63 bits per heavy atom. The summed E-state index contributed by atoms with van der Waals surface area (Å²) in [5, 5.41) is 11.5. The summed E-state index contributed by atoms with van der Waals surface area (Å²) in [6.07, 6.45) is 16.7. The Balaban J connectivity index is 2.11. The normalized spacial score (nSPS) is 30.7. The number of aliphatic hydroxyl groups excluding tert-OH is 1. The number of aliphatic hydroxyl groups is 1. The molecule has 264 valence electrons. The zero-order valence-electron chi connectivity index (χ0n) is 32.5. The molecule has 5 atom stereocenters. The molecular weight excluding hydrogens is 617 g/mol. The van der Waals surface area contributed by atoms with Crippen LogP contribution in [0, 0.1) is 17.3 Å². The average molecular weight is 689 g/mol. The third-order valence-electron chi connectivity index (χ3n) is 12.9. The molecule has 0 aromatic rings. The lowest BCUT2D eigenvalue weighted by atomic mass is 9.64. The van der Waals surface area contributed by atoms with Gasteiger partial charge in [-0.1, -0.05) is 118 Å². The minimum atomic E-state index is -2.18. The lowest BCUT2D eigenvalue weighted by Crippen LogP contribution is -2.54. The highest BCUT2D eigenvalue weighted by Gasteiger charge is 2.51. The largest absolute Gasteiger partial charge is 0.410 e. The highest BCUT2D eigenvalue weighted by molar-refractivity contribution is 8.00. The number of hydrogen-bond donors (Lipinski definition) is 1. The van der Waals surface area contributed by atoms with Gasteiger partial charge in [-0.3, -0.25) is 0 Å². The Labute approximate surface area is 291 Å². The Hall–Kier alpha value is -0.376. The number of thioether (sulfide) groups is 1. The van der Waals surface area contributed by atoms with Gasteiger partial charge in [-0.2, -0.15) is 0 Å². The fourth-order valence-electron chi connectivity index (χ4n) is 7.60. The van der Waals surface area contributed by atoms with Crippen molar-refractivity contribution in [2.24, 2.45) is 17.3 Å². The van der Waals surface area contributed by atoms with Crippen molar-refractivity contribution in [2.45, 2.75) is 180 Å². The molecule has 0 spiro atoms. The minimum absolute atomic E-state index is 0.0731. The molecule has 0 heterocycles. The Morgan fingerprint density at radius 1 is 1.02 bits per heavy atom. The summed E-state index contributed by atoms with van der Waals surface area (Å²) < 4.78 is 14.8. The quantitative estimate of drug-likeness (QED) is 0.126. The van der Waals surface area contributed by atoms with Crippen molar-refractivity contribution in [3.63, 3.8) is 0 Å². The second kappa shape index (κ2) is 14.8. The molecule has 0 aliphatic heterocycles. The molecule has 0 bridgehead atoms. The van der Waals surface area contributed by atoms with Crippen LogP contribution in [0.1, 0.15) is 127 Å². The average Bonchev–Trinajstić information content (AvgIpc) is 3.28. The third kappa shape index (κ3) is 8.67. The maximum Gasteiger partial charge on any atom is 0.193 e. The SMILES string of the molecule is C=C1C(=CC=C2CCC[C@]3(C)C(CC)=CC[C@@H]23)C[C@](O[Si](C)(C)C(C)(C)C)(SC[C@H](O)C(CC)CC)C[C@@H]1O[Si](C)(C)C(C)(C)C. The van der Waals surface area contributed by atoms with Gasteiger partial charge in [0.15, 0.2) is 16.6 Å². The van der Waals surface area contributed by atoms with Gasteiger partial charge in [0, 0.05) is 18.6 Å². The first-order valence-corrected chi connectivity index (χ1v) is 25.3. The molecule has 0 aromatic carbocycles. The van der Waals surface area contributed by atoms with E-state index in [0.717, 1.165) is 37.7 Å². The standard InChI is InChI=1S/C40H72O3SSi2/c1-16-30(17-2)35(41)28-44-40(43-46(14,15)38(8,9)10)26-32(29(4)36(27-40)42-45(12,13)37(5,6)7)22-21-31-20-19-25-39(11)33(18-3)23-24-34(31)39/h21-23,30,34-36,41H,4,16-20,24-28H2,1-3,5-15H3/t34-,35-,36-,39+,40-/m0/s1. The first kappa shape index (κ1) is 40.1. The van der Waals surface area contributed by atoms with Crippen molar-refractivity contribution < 1.29 is 14.0 Å². The van der Waals surface area contributed by atoms with Gasteiger partial charge in [0.05, 0.1) is 12.2 Å². The first-order chi connectivity index (χ1) is 21.1. The van der Waals surface area contributed by atoms with Crippen molar-refractivity contribution in [1.82, 2.24) is 0 Å². The van der Waals surface area contributed by atoms with Crippen LogP contribution in [-0.4, -0.2) is 44.6 Å². The van der Waals surface area contributed by atoms with Gasteiger partial charge in [0.1, 0.15) is 4.93 Å². The molecule has 46 heavy (non-hydrogen) atoms. The van der Waals surface area contributed by atoms with Crippen LogP contribution in [0.5, 0.6) is 0 Å². The smallest absolute Gasteiger partial charge is 0.193 e. The fourth-order valence-corrected chi connectivity index (χ4v) is 12.4. The van der Waals surface area contributed by atoms with E-state index < -0.39 is 21.6 Å². The van der Waals surface area contributed by atoms with E-state index in [2.05, 4.69) is 114 Å². The lowest BCUT2D eigenvalue weighted by molar-refractivity contribution is 0.0704. The summed E-state index contributed by atoms with van der Waals surface area (Å²) in [7, 11) is -4.28. The van der Waals surface area contributed by atoms with Crippen molar-refractivity contribution in [3.05, 3.63) is 47.1 Å². The van der Waals surface area contributed by atoms with E-state index in [-0.39, 0.29) is 22.3 Å². The second-order valence-electron chi connectivity index (χ2n) is 18.1. The summed E-state index contributed by atoms with van der Waals surface area (Å²) in [5.41, 5.74) is 5.99.